The largest absolute Gasteiger partial charge is 0.490 e. The number of benzene rings is 1. The molecule has 7 nitrogen and oxygen atoms in total. The smallest absolute Gasteiger partial charge is 0.251 e. The summed E-state index contributed by atoms with van der Waals surface area (Å²) in [6, 6.07) is 3.39. The summed E-state index contributed by atoms with van der Waals surface area (Å²) < 4.78 is 29.2. The average Bonchev–Trinajstić information content (AvgIpc) is 3.11. The molecule has 1 amide bonds. The molecule has 162 valence electrons. The van der Waals surface area contributed by atoms with Crippen LogP contribution in [-0.4, -0.2) is 50.8 Å². The molecule has 3 rings (SSSR count). The van der Waals surface area contributed by atoms with E-state index in [0.29, 0.717) is 55.8 Å². The predicted molar refractivity (Wildman–Crippen MR) is 109 cm³/mol. The molecule has 1 aliphatic heterocycles. The predicted octanol–water partition coefficient (Wildman–Crippen LogP) is 3.69. The summed E-state index contributed by atoms with van der Waals surface area (Å²) in [6.07, 6.45) is 5.24. The lowest BCUT2D eigenvalue weighted by atomic mass is 9.94. The number of carbonyl (C=O) groups excluding carboxylic acids is 1. The van der Waals surface area contributed by atoms with Crippen LogP contribution in [0.4, 0.5) is 0 Å². The van der Waals surface area contributed by atoms with Crippen molar-refractivity contribution >= 4 is 5.91 Å². The lowest BCUT2D eigenvalue weighted by Gasteiger charge is -2.31. The van der Waals surface area contributed by atoms with E-state index < -0.39 is 5.79 Å². The highest BCUT2D eigenvalue weighted by molar-refractivity contribution is 5.95. The molecule has 0 radical (unpaired) electrons. The first-order valence-electron chi connectivity index (χ1n) is 10.8. The van der Waals surface area contributed by atoms with Gasteiger partial charge in [0.1, 0.15) is 6.10 Å². The number of carbonyl (C=O) groups is 1. The van der Waals surface area contributed by atoms with Gasteiger partial charge in [-0.3, -0.25) is 4.79 Å². The van der Waals surface area contributed by atoms with Crippen LogP contribution in [0.25, 0.3) is 0 Å². The maximum Gasteiger partial charge on any atom is 0.251 e. The molecule has 1 aromatic carbocycles. The number of ether oxygens (including phenoxy) is 5. The van der Waals surface area contributed by atoms with E-state index in [0.717, 1.165) is 25.7 Å². The second-order valence-corrected chi connectivity index (χ2v) is 7.33. The number of amides is 1. The van der Waals surface area contributed by atoms with E-state index >= 15 is 0 Å². The second-order valence-electron chi connectivity index (χ2n) is 7.33. The Labute approximate surface area is 173 Å². The van der Waals surface area contributed by atoms with Crippen molar-refractivity contribution in [2.24, 2.45) is 0 Å². The minimum absolute atomic E-state index is 0.127. The summed E-state index contributed by atoms with van der Waals surface area (Å²) in [7, 11) is 0. The normalized spacial score (nSPS) is 20.4. The number of rotatable bonds is 9. The highest BCUT2D eigenvalue weighted by Gasteiger charge is 2.42. The zero-order chi connectivity index (χ0) is 20.7. The summed E-state index contributed by atoms with van der Waals surface area (Å²) in [5.74, 6) is 0.902. The monoisotopic (exact) mass is 407 g/mol. The average molecular weight is 408 g/mol. The van der Waals surface area contributed by atoms with Gasteiger partial charge < -0.3 is 29.0 Å². The van der Waals surface area contributed by atoms with Crippen LogP contribution < -0.4 is 19.5 Å². The van der Waals surface area contributed by atoms with Crippen molar-refractivity contribution in [2.75, 3.05) is 33.0 Å². The molecule has 1 saturated carbocycles. The van der Waals surface area contributed by atoms with E-state index in [1.165, 1.54) is 6.42 Å². The Balaban J connectivity index is 1.66. The zero-order valence-corrected chi connectivity index (χ0v) is 17.8. The Morgan fingerprint density at radius 2 is 1.66 bits per heavy atom. The van der Waals surface area contributed by atoms with Crippen LogP contribution in [0.3, 0.4) is 0 Å². The first-order chi connectivity index (χ1) is 14.1. The Morgan fingerprint density at radius 3 is 2.24 bits per heavy atom. The fraction of sp³-hybridized carbons (Fsp3) is 0.682. The highest BCUT2D eigenvalue weighted by atomic mass is 16.7. The first-order valence-corrected chi connectivity index (χ1v) is 10.8. The molecule has 1 aliphatic carbocycles. The second kappa shape index (κ2) is 10.2. The van der Waals surface area contributed by atoms with Gasteiger partial charge in [0.15, 0.2) is 17.3 Å². The van der Waals surface area contributed by atoms with Gasteiger partial charge >= 0.3 is 0 Å². The van der Waals surface area contributed by atoms with Crippen molar-refractivity contribution in [3.63, 3.8) is 0 Å². The minimum atomic E-state index is -0.433. The molecule has 1 aromatic rings. The quantitative estimate of drug-likeness (QED) is 0.673. The van der Waals surface area contributed by atoms with Crippen LogP contribution in [-0.2, 0) is 9.47 Å². The third-order valence-corrected chi connectivity index (χ3v) is 5.19. The molecule has 1 N–H and O–H groups in total. The van der Waals surface area contributed by atoms with Crippen LogP contribution >= 0.6 is 0 Å². The summed E-state index contributed by atoms with van der Waals surface area (Å²) in [5, 5.41) is 2.96. The van der Waals surface area contributed by atoms with Crippen LogP contribution in [0.1, 0.15) is 63.2 Å². The van der Waals surface area contributed by atoms with E-state index in [1.54, 1.807) is 12.1 Å². The third kappa shape index (κ3) is 5.34. The molecule has 1 saturated heterocycles. The summed E-state index contributed by atoms with van der Waals surface area (Å²) in [4.78, 5) is 12.8. The van der Waals surface area contributed by atoms with E-state index in [4.69, 9.17) is 23.7 Å². The number of hydrogen-bond acceptors (Lipinski definition) is 6. The molecule has 0 unspecified atom stereocenters. The molecule has 0 aromatic heterocycles. The Morgan fingerprint density at radius 1 is 1.03 bits per heavy atom. The lowest BCUT2D eigenvalue weighted by molar-refractivity contribution is -0.186. The molecule has 1 atom stereocenters. The molecule has 29 heavy (non-hydrogen) atoms. The van der Waals surface area contributed by atoms with Crippen LogP contribution in [0.15, 0.2) is 12.1 Å². The van der Waals surface area contributed by atoms with Gasteiger partial charge in [-0.15, -0.1) is 0 Å². The van der Waals surface area contributed by atoms with Gasteiger partial charge in [0.2, 0.25) is 5.75 Å². The van der Waals surface area contributed by atoms with Crippen LogP contribution in [0, 0.1) is 0 Å². The van der Waals surface area contributed by atoms with Gasteiger partial charge in [0.25, 0.3) is 5.91 Å². The number of hydrogen-bond donors (Lipinski definition) is 1. The van der Waals surface area contributed by atoms with Crippen molar-refractivity contribution in [2.45, 2.75) is 64.8 Å². The molecule has 2 aliphatic rings. The van der Waals surface area contributed by atoms with Gasteiger partial charge in [-0.05, 0) is 45.7 Å². The zero-order valence-electron chi connectivity index (χ0n) is 17.8. The standard InChI is InChI=1S/C22H33NO6/c1-4-25-18-12-16(13-19(26-5-2)20(18)27-6-3)21(24)23-14-17-15-28-22(29-17)10-8-7-9-11-22/h12-13,17H,4-11,14-15H2,1-3H3,(H,23,24)/t17-/m0/s1. The fourth-order valence-electron chi connectivity index (χ4n) is 3.90. The van der Waals surface area contributed by atoms with E-state index in [1.807, 2.05) is 20.8 Å². The van der Waals surface area contributed by atoms with E-state index in [-0.39, 0.29) is 12.0 Å². The van der Waals surface area contributed by atoms with Crippen molar-refractivity contribution in [3.8, 4) is 17.2 Å². The first kappa shape index (κ1) is 21.7. The lowest BCUT2D eigenvalue weighted by Crippen LogP contribution is -2.37. The van der Waals surface area contributed by atoms with Gasteiger partial charge in [0.05, 0.1) is 26.4 Å². The van der Waals surface area contributed by atoms with E-state index in [9.17, 15) is 4.79 Å². The third-order valence-electron chi connectivity index (χ3n) is 5.19. The van der Waals surface area contributed by atoms with Crippen molar-refractivity contribution < 1.29 is 28.5 Å². The maximum atomic E-state index is 12.8. The number of nitrogens with one attached hydrogen (secondary N) is 1. The van der Waals surface area contributed by atoms with Gasteiger partial charge in [-0.25, -0.2) is 0 Å². The molecule has 1 spiro atoms. The van der Waals surface area contributed by atoms with E-state index in [2.05, 4.69) is 5.32 Å². The minimum Gasteiger partial charge on any atom is -0.490 e. The van der Waals surface area contributed by atoms with Gasteiger partial charge in [-0.1, -0.05) is 6.42 Å². The van der Waals surface area contributed by atoms with Crippen molar-refractivity contribution in [3.05, 3.63) is 17.7 Å². The Bertz CT molecular complexity index is 659. The fourth-order valence-corrected chi connectivity index (χ4v) is 3.90. The van der Waals surface area contributed by atoms with Gasteiger partial charge in [0, 0.05) is 24.9 Å². The molecular weight excluding hydrogens is 374 g/mol. The molecule has 7 heteroatoms. The Hall–Kier alpha value is -1.99. The molecule has 1 heterocycles. The van der Waals surface area contributed by atoms with Crippen LogP contribution in [0.5, 0.6) is 17.2 Å². The summed E-state index contributed by atoms with van der Waals surface area (Å²) >= 11 is 0. The summed E-state index contributed by atoms with van der Waals surface area (Å²) in [5.41, 5.74) is 0.464. The molecular formula is C22H33NO6. The van der Waals surface area contributed by atoms with Crippen molar-refractivity contribution in [1.29, 1.82) is 0 Å². The van der Waals surface area contributed by atoms with Crippen LogP contribution in [0.2, 0.25) is 0 Å². The Kier molecular flexibility index (Phi) is 7.61. The summed E-state index contributed by atoms with van der Waals surface area (Å²) in [6.45, 7) is 8.00. The molecule has 0 bridgehead atoms. The maximum absolute atomic E-state index is 12.8. The SMILES string of the molecule is CCOc1cc(C(=O)NC[C@H]2COC3(CCCCC3)O2)cc(OCC)c1OCC. The highest BCUT2D eigenvalue weighted by Crippen LogP contribution is 2.39. The van der Waals surface area contributed by atoms with Gasteiger partial charge in [-0.2, -0.15) is 0 Å². The van der Waals surface area contributed by atoms with Crippen molar-refractivity contribution in [1.82, 2.24) is 5.32 Å². The topological polar surface area (TPSA) is 75.3 Å². The molecule has 2 fully saturated rings.